The molecule has 1 N–H and O–H groups in total. The van der Waals surface area contributed by atoms with E-state index in [1.165, 1.54) is 41.6 Å². The molecule has 0 radical (unpaired) electrons. The van der Waals surface area contributed by atoms with Gasteiger partial charge in [0.25, 0.3) is 0 Å². The molecule has 0 aliphatic rings. The van der Waals surface area contributed by atoms with E-state index in [9.17, 15) is 19.5 Å². The van der Waals surface area contributed by atoms with E-state index in [1.54, 1.807) is 56.3 Å². The highest BCUT2D eigenvalue weighted by molar-refractivity contribution is 6.21. The lowest BCUT2D eigenvalue weighted by Gasteiger charge is -2.19. The third kappa shape index (κ3) is 5.08. The van der Waals surface area contributed by atoms with Crippen LogP contribution in [0.5, 0.6) is 34.5 Å². The van der Waals surface area contributed by atoms with Gasteiger partial charge in [0, 0.05) is 12.0 Å². The molecule has 4 aromatic carbocycles. The first kappa shape index (κ1) is 30.9. The van der Waals surface area contributed by atoms with Gasteiger partial charge < -0.3 is 33.2 Å². The molecule has 1 heterocycles. The van der Waals surface area contributed by atoms with Gasteiger partial charge in [0.15, 0.2) is 5.78 Å². The van der Waals surface area contributed by atoms with Crippen molar-refractivity contribution in [3.05, 3.63) is 92.1 Å². The Kier molecular flexibility index (Phi) is 8.41. The van der Waals surface area contributed by atoms with Gasteiger partial charge in [-0.05, 0) is 61.4 Å². The zero-order valence-corrected chi connectivity index (χ0v) is 25.9. The van der Waals surface area contributed by atoms with Gasteiger partial charge in [-0.1, -0.05) is 12.1 Å². The maximum absolute atomic E-state index is 14.5. The molecule has 10 nitrogen and oxygen atoms in total. The van der Waals surface area contributed by atoms with Gasteiger partial charge >= 0.3 is 0 Å². The Balaban J connectivity index is 1.80. The zero-order valence-electron chi connectivity index (χ0n) is 25.9. The number of hydrogen-bond acceptors (Lipinski definition) is 10. The number of carbonyl (C=O) groups is 2. The standard InChI is InChI=1S/C35H32O10/c1-17-14-20(36)28(33(39)30-22(40-3)10-8-11-23(30)41-4)29(35(17)44-7)21(37)16-19-27-26(15-18(2)34(19)43-6)45-25-13-9-12-24(42-5)31(25)32(27)38/h8-15,36H,16H2,1-7H3. The fraction of sp³-hybridized carbons (Fsp3) is 0.229. The quantitative estimate of drug-likeness (QED) is 0.149. The van der Waals surface area contributed by atoms with Crippen molar-refractivity contribution in [2.24, 2.45) is 0 Å². The fourth-order valence-corrected chi connectivity index (χ4v) is 5.84. The summed E-state index contributed by atoms with van der Waals surface area (Å²) >= 11 is 0. The summed E-state index contributed by atoms with van der Waals surface area (Å²) in [6.07, 6.45) is -0.407. The van der Waals surface area contributed by atoms with Crippen molar-refractivity contribution < 1.29 is 42.8 Å². The van der Waals surface area contributed by atoms with E-state index < -0.39 is 29.2 Å². The number of carbonyl (C=O) groups excluding carboxylic acids is 2. The van der Waals surface area contributed by atoms with Crippen LogP contribution in [-0.2, 0) is 6.42 Å². The molecule has 0 unspecified atom stereocenters. The summed E-state index contributed by atoms with van der Waals surface area (Å²) in [5, 5.41) is 11.5. The van der Waals surface area contributed by atoms with Crippen LogP contribution in [0.4, 0.5) is 0 Å². The van der Waals surface area contributed by atoms with Gasteiger partial charge in [0.2, 0.25) is 11.2 Å². The van der Waals surface area contributed by atoms with Gasteiger partial charge in [-0.2, -0.15) is 0 Å². The zero-order chi connectivity index (χ0) is 32.6. The van der Waals surface area contributed by atoms with Crippen LogP contribution in [0, 0.1) is 13.8 Å². The summed E-state index contributed by atoms with van der Waals surface area (Å²) in [6.45, 7) is 3.41. The van der Waals surface area contributed by atoms with Gasteiger partial charge in [-0.3, -0.25) is 14.4 Å². The number of phenolic OH excluding ortho intramolecular Hbond substituents is 1. The van der Waals surface area contributed by atoms with Crippen molar-refractivity contribution in [2.75, 3.05) is 35.5 Å². The first-order chi connectivity index (χ1) is 21.6. The lowest BCUT2D eigenvalue weighted by Crippen LogP contribution is -2.18. The Hall–Kier alpha value is -5.51. The molecule has 0 aliphatic heterocycles. The molecular weight excluding hydrogens is 580 g/mol. The Labute approximate surface area is 258 Å². The molecule has 5 rings (SSSR count). The lowest BCUT2D eigenvalue weighted by molar-refractivity contribution is 0.0968. The molecule has 0 amide bonds. The fourth-order valence-electron chi connectivity index (χ4n) is 5.84. The van der Waals surface area contributed by atoms with Crippen LogP contribution in [0.1, 0.15) is 43.0 Å². The minimum atomic E-state index is -0.722. The number of aromatic hydroxyl groups is 1. The Morgan fingerprint density at radius 3 is 1.87 bits per heavy atom. The van der Waals surface area contributed by atoms with Gasteiger partial charge in [0.1, 0.15) is 56.6 Å². The second-order valence-corrected chi connectivity index (χ2v) is 10.3. The maximum Gasteiger partial charge on any atom is 0.205 e. The van der Waals surface area contributed by atoms with Crippen LogP contribution < -0.4 is 29.1 Å². The van der Waals surface area contributed by atoms with E-state index in [1.807, 2.05) is 0 Å². The number of methoxy groups -OCH3 is 5. The van der Waals surface area contributed by atoms with Gasteiger partial charge in [0.05, 0.1) is 52.1 Å². The molecule has 0 aliphatic carbocycles. The SMILES string of the molecule is COc1cccc(OC)c1C(=O)c1c(O)cc(C)c(OC)c1C(=O)Cc1c(OC)c(C)cc2oc3cccc(OC)c3c(=O)c12. The molecule has 10 heteroatoms. The number of ketones is 2. The van der Waals surface area contributed by atoms with E-state index in [4.69, 9.17) is 28.1 Å². The van der Waals surface area contributed by atoms with E-state index in [2.05, 4.69) is 0 Å². The second kappa shape index (κ2) is 12.2. The third-order valence-corrected chi connectivity index (χ3v) is 7.76. The Morgan fingerprint density at radius 2 is 1.27 bits per heavy atom. The van der Waals surface area contributed by atoms with Gasteiger partial charge in [-0.25, -0.2) is 0 Å². The highest BCUT2D eigenvalue weighted by Gasteiger charge is 2.32. The van der Waals surface area contributed by atoms with E-state index >= 15 is 0 Å². The smallest absolute Gasteiger partial charge is 0.205 e. The predicted molar refractivity (Wildman–Crippen MR) is 168 cm³/mol. The molecule has 232 valence electrons. The average molecular weight is 613 g/mol. The van der Waals surface area contributed by atoms with Crippen molar-refractivity contribution in [3.63, 3.8) is 0 Å². The van der Waals surface area contributed by atoms with E-state index in [0.29, 0.717) is 28.2 Å². The first-order valence-corrected chi connectivity index (χ1v) is 13.9. The first-order valence-electron chi connectivity index (χ1n) is 13.9. The topological polar surface area (TPSA) is 131 Å². The van der Waals surface area contributed by atoms with Crippen LogP contribution in [0.25, 0.3) is 21.9 Å². The summed E-state index contributed by atoms with van der Waals surface area (Å²) in [5.74, 6) is -0.720. The number of rotatable bonds is 10. The van der Waals surface area contributed by atoms with E-state index in [0.717, 1.165) is 0 Å². The van der Waals surface area contributed by atoms with E-state index in [-0.39, 0.29) is 55.9 Å². The summed E-state index contributed by atoms with van der Waals surface area (Å²) in [6, 6.07) is 12.8. The summed E-state index contributed by atoms with van der Waals surface area (Å²) in [5.41, 5.74) is 0.955. The molecule has 0 bridgehead atoms. The highest BCUT2D eigenvalue weighted by atomic mass is 16.5. The Bertz CT molecular complexity index is 2030. The largest absolute Gasteiger partial charge is 0.507 e. The lowest BCUT2D eigenvalue weighted by atomic mass is 9.88. The summed E-state index contributed by atoms with van der Waals surface area (Å²) in [4.78, 5) is 42.7. The monoisotopic (exact) mass is 612 g/mol. The summed E-state index contributed by atoms with van der Waals surface area (Å²) < 4.78 is 33.8. The number of Topliss-reactive ketones (excluding diaryl/α,β-unsaturated/α-hetero) is 1. The Morgan fingerprint density at radius 1 is 0.689 bits per heavy atom. The predicted octanol–water partition coefficient (Wildman–Crippen LogP) is 5.97. The van der Waals surface area contributed by atoms with Crippen LogP contribution in [0.3, 0.4) is 0 Å². The van der Waals surface area contributed by atoms with Crippen molar-refractivity contribution in [2.45, 2.75) is 20.3 Å². The minimum Gasteiger partial charge on any atom is -0.507 e. The normalized spacial score (nSPS) is 11.0. The molecule has 45 heavy (non-hydrogen) atoms. The van der Waals surface area contributed by atoms with Crippen molar-refractivity contribution in [3.8, 4) is 34.5 Å². The van der Waals surface area contributed by atoms with Crippen molar-refractivity contribution in [1.29, 1.82) is 0 Å². The number of ether oxygens (including phenoxy) is 5. The molecule has 0 saturated heterocycles. The maximum atomic E-state index is 14.5. The third-order valence-electron chi connectivity index (χ3n) is 7.76. The van der Waals surface area contributed by atoms with Crippen LogP contribution in [0.15, 0.2) is 57.7 Å². The molecule has 1 aromatic heterocycles. The van der Waals surface area contributed by atoms with Crippen LogP contribution in [-0.4, -0.2) is 52.2 Å². The molecule has 0 fully saturated rings. The van der Waals surface area contributed by atoms with Gasteiger partial charge in [-0.15, -0.1) is 0 Å². The number of fused-ring (bicyclic) bond motifs is 2. The molecule has 0 spiro atoms. The average Bonchev–Trinajstić information content (AvgIpc) is 3.03. The molecule has 0 saturated carbocycles. The number of phenols is 1. The molecule has 5 aromatic rings. The number of benzene rings is 4. The minimum absolute atomic E-state index is 0.00977. The number of aryl methyl sites for hydroxylation is 2. The van der Waals surface area contributed by atoms with Crippen LogP contribution in [0.2, 0.25) is 0 Å². The highest BCUT2D eigenvalue weighted by Crippen LogP contribution is 2.41. The van der Waals surface area contributed by atoms with Crippen LogP contribution >= 0.6 is 0 Å². The van der Waals surface area contributed by atoms with Crippen molar-refractivity contribution >= 4 is 33.5 Å². The van der Waals surface area contributed by atoms with Crippen molar-refractivity contribution in [1.82, 2.24) is 0 Å². The molecule has 0 atom stereocenters. The number of hydrogen-bond donors (Lipinski definition) is 1. The molecular formula is C35H32O10. The second-order valence-electron chi connectivity index (χ2n) is 10.3. The summed E-state index contributed by atoms with van der Waals surface area (Å²) in [7, 11) is 7.04.